The van der Waals surface area contributed by atoms with E-state index in [0.29, 0.717) is 5.39 Å². The summed E-state index contributed by atoms with van der Waals surface area (Å²) in [5.74, 6) is 0. The lowest BCUT2D eigenvalue weighted by Gasteiger charge is -2.07. The number of benzene rings is 2. The van der Waals surface area contributed by atoms with E-state index in [0.717, 1.165) is 0 Å². The van der Waals surface area contributed by atoms with Gasteiger partial charge in [-0.25, -0.2) is 4.79 Å². The molecule has 1 heterocycles. The van der Waals surface area contributed by atoms with Crippen molar-refractivity contribution in [3.8, 4) is 0 Å². The van der Waals surface area contributed by atoms with Crippen LogP contribution in [0.5, 0.6) is 0 Å². The third-order valence-corrected chi connectivity index (χ3v) is 3.91. The summed E-state index contributed by atoms with van der Waals surface area (Å²) >= 11 is 0. The van der Waals surface area contributed by atoms with Crippen molar-refractivity contribution in [2.75, 3.05) is 0 Å². The number of rotatable bonds is 1. The molecular weight excluding hydrogens is 284 g/mol. The highest BCUT2D eigenvalue weighted by Gasteiger charge is 2.20. The molecule has 3 N–H and O–H groups in total. The summed E-state index contributed by atoms with van der Waals surface area (Å²) in [5, 5.41) is 0.671. The van der Waals surface area contributed by atoms with Gasteiger partial charge in [-0.1, -0.05) is 24.3 Å². The summed E-state index contributed by atoms with van der Waals surface area (Å²) in [4.78, 5) is 26.9. The van der Waals surface area contributed by atoms with Gasteiger partial charge in [0.15, 0.2) is 0 Å². The Balaban J connectivity index is 2.78. The minimum atomic E-state index is -4.61. The molecule has 20 heavy (non-hydrogen) atoms. The summed E-state index contributed by atoms with van der Waals surface area (Å²) < 4.78 is 32.6. The second-order valence-corrected chi connectivity index (χ2v) is 5.59. The summed E-state index contributed by atoms with van der Waals surface area (Å²) in [6.45, 7) is 0. The van der Waals surface area contributed by atoms with Crippen molar-refractivity contribution < 1.29 is 13.0 Å². The first-order chi connectivity index (χ1) is 9.38. The van der Waals surface area contributed by atoms with E-state index in [4.69, 9.17) is 0 Å². The zero-order valence-electron chi connectivity index (χ0n) is 9.88. The van der Waals surface area contributed by atoms with E-state index in [-0.39, 0.29) is 16.3 Å². The molecule has 0 spiro atoms. The molecule has 0 aliphatic rings. The highest BCUT2D eigenvalue weighted by molar-refractivity contribution is 7.86. The molecule has 1 aromatic heterocycles. The van der Waals surface area contributed by atoms with Crippen LogP contribution < -0.4 is 11.2 Å². The molecule has 0 aliphatic carbocycles. The molecule has 0 bridgehead atoms. The molecule has 0 saturated carbocycles. The van der Waals surface area contributed by atoms with Gasteiger partial charge in [0.2, 0.25) is 0 Å². The lowest BCUT2D eigenvalue weighted by atomic mass is 10.1. The summed E-state index contributed by atoms with van der Waals surface area (Å²) in [6, 6.07) is 7.80. The van der Waals surface area contributed by atoms with E-state index in [1.54, 1.807) is 18.2 Å². The lowest BCUT2D eigenvalue weighted by molar-refractivity contribution is 0.485. The molecular formula is C12H8N2O5S. The van der Waals surface area contributed by atoms with Crippen LogP contribution in [0.1, 0.15) is 0 Å². The molecule has 0 radical (unpaired) electrons. The fraction of sp³-hybridized carbons (Fsp3) is 0. The third-order valence-electron chi connectivity index (χ3n) is 2.97. The number of aromatic nitrogens is 2. The van der Waals surface area contributed by atoms with Crippen molar-refractivity contribution in [3.63, 3.8) is 0 Å². The normalized spacial score (nSPS) is 12.1. The molecule has 2 aromatic carbocycles. The SMILES string of the molecule is O=c1[nH]c(=O)c2cc3ccccc3c(S(=O)(=O)O)c2[nH]1. The Hall–Kier alpha value is -2.45. The smallest absolute Gasteiger partial charge is 0.305 e. The van der Waals surface area contributed by atoms with Crippen molar-refractivity contribution in [1.29, 1.82) is 0 Å². The fourth-order valence-corrected chi connectivity index (χ4v) is 3.08. The van der Waals surface area contributed by atoms with Crippen LogP contribution >= 0.6 is 0 Å². The van der Waals surface area contributed by atoms with Gasteiger partial charge >= 0.3 is 5.69 Å². The van der Waals surface area contributed by atoms with Gasteiger partial charge in [0.25, 0.3) is 15.7 Å². The second-order valence-electron chi connectivity index (χ2n) is 4.23. The van der Waals surface area contributed by atoms with E-state index in [1.807, 2.05) is 4.98 Å². The average Bonchev–Trinajstić information content (AvgIpc) is 2.35. The maximum absolute atomic E-state index is 11.8. The van der Waals surface area contributed by atoms with Gasteiger partial charge in [-0.2, -0.15) is 8.42 Å². The Morgan fingerprint density at radius 1 is 1.00 bits per heavy atom. The van der Waals surface area contributed by atoms with Gasteiger partial charge in [0, 0.05) is 5.39 Å². The number of hydrogen-bond acceptors (Lipinski definition) is 4. The maximum atomic E-state index is 11.8. The van der Waals surface area contributed by atoms with Crippen LogP contribution in [-0.2, 0) is 10.1 Å². The molecule has 0 amide bonds. The van der Waals surface area contributed by atoms with Gasteiger partial charge in [0.05, 0.1) is 10.9 Å². The molecule has 0 unspecified atom stereocenters. The first-order valence-corrected chi connectivity index (χ1v) is 6.97. The minimum absolute atomic E-state index is 0.0177. The Morgan fingerprint density at radius 3 is 2.40 bits per heavy atom. The molecule has 3 rings (SSSR count). The monoisotopic (exact) mass is 292 g/mol. The lowest BCUT2D eigenvalue weighted by Crippen LogP contribution is -2.23. The predicted octanol–water partition coefficient (Wildman–Crippen LogP) is 0.616. The van der Waals surface area contributed by atoms with Crippen molar-refractivity contribution >= 4 is 31.8 Å². The Bertz CT molecular complexity index is 1060. The standard InChI is InChI=1S/C12H8N2O5S/c15-11-8-5-6-3-1-2-4-7(6)10(20(17,18)19)9(8)13-12(16)14-11/h1-5H,(H,17,18,19)(H2,13,14,15,16). The predicted molar refractivity (Wildman–Crippen MR) is 72.5 cm³/mol. The zero-order chi connectivity index (χ0) is 14.5. The van der Waals surface area contributed by atoms with Gasteiger partial charge in [0.1, 0.15) is 4.90 Å². The highest BCUT2D eigenvalue weighted by Crippen LogP contribution is 2.28. The van der Waals surface area contributed by atoms with Crippen molar-refractivity contribution in [2.45, 2.75) is 4.90 Å². The molecule has 8 heteroatoms. The molecule has 0 atom stereocenters. The quantitative estimate of drug-likeness (QED) is 0.448. The van der Waals surface area contributed by atoms with Gasteiger partial charge in [-0.05, 0) is 11.5 Å². The molecule has 3 aromatic rings. The molecule has 7 nitrogen and oxygen atoms in total. The van der Waals surface area contributed by atoms with Crippen LogP contribution in [0.15, 0.2) is 44.8 Å². The number of hydrogen-bond donors (Lipinski definition) is 3. The van der Waals surface area contributed by atoms with Crippen LogP contribution in [0.3, 0.4) is 0 Å². The highest BCUT2D eigenvalue weighted by atomic mass is 32.2. The van der Waals surface area contributed by atoms with E-state index in [1.165, 1.54) is 12.1 Å². The molecule has 102 valence electrons. The average molecular weight is 292 g/mol. The third kappa shape index (κ3) is 1.82. The van der Waals surface area contributed by atoms with Crippen LogP contribution in [0.2, 0.25) is 0 Å². The first-order valence-electron chi connectivity index (χ1n) is 5.53. The Kier molecular flexibility index (Phi) is 2.53. The molecule has 0 aliphatic heterocycles. The first kappa shape index (κ1) is 12.6. The summed E-state index contributed by atoms with van der Waals surface area (Å²) in [5.41, 5.74) is -1.78. The minimum Gasteiger partial charge on any atom is -0.305 e. The second kappa shape index (κ2) is 4.02. The summed E-state index contributed by atoms with van der Waals surface area (Å²) in [6.07, 6.45) is 0. The molecule has 0 saturated heterocycles. The van der Waals surface area contributed by atoms with E-state index in [2.05, 4.69) is 4.98 Å². The number of aromatic amines is 2. The van der Waals surface area contributed by atoms with Crippen molar-refractivity contribution in [1.82, 2.24) is 9.97 Å². The van der Waals surface area contributed by atoms with E-state index < -0.39 is 26.3 Å². The number of H-pyrrole nitrogens is 2. The number of fused-ring (bicyclic) bond motifs is 2. The van der Waals surface area contributed by atoms with Crippen LogP contribution in [-0.4, -0.2) is 22.9 Å². The van der Waals surface area contributed by atoms with Crippen LogP contribution in [0.25, 0.3) is 21.7 Å². The zero-order valence-corrected chi connectivity index (χ0v) is 10.7. The van der Waals surface area contributed by atoms with Gasteiger partial charge in [-0.3, -0.25) is 14.3 Å². The van der Waals surface area contributed by atoms with Crippen LogP contribution in [0, 0.1) is 0 Å². The van der Waals surface area contributed by atoms with Crippen LogP contribution in [0.4, 0.5) is 0 Å². The Morgan fingerprint density at radius 2 is 1.70 bits per heavy atom. The van der Waals surface area contributed by atoms with Gasteiger partial charge < -0.3 is 4.98 Å². The largest absolute Gasteiger partial charge is 0.326 e. The van der Waals surface area contributed by atoms with Crippen molar-refractivity contribution in [3.05, 3.63) is 51.2 Å². The van der Waals surface area contributed by atoms with Gasteiger partial charge in [-0.15, -0.1) is 0 Å². The summed E-state index contributed by atoms with van der Waals surface area (Å²) in [7, 11) is -4.61. The van der Waals surface area contributed by atoms with E-state index >= 15 is 0 Å². The fourth-order valence-electron chi connectivity index (χ4n) is 2.20. The maximum Gasteiger partial charge on any atom is 0.326 e. The van der Waals surface area contributed by atoms with Crippen molar-refractivity contribution in [2.24, 2.45) is 0 Å². The topological polar surface area (TPSA) is 120 Å². The number of nitrogens with one attached hydrogen (secondary N) is 2. The van der Waals surface area contributed by atoms with E-state index in [9.17, 15) is 22.6 Å². The Labute approximate surface area is 111 Å². The molecule has 0 fully saturated rings.